The Bertz CT molecular complexity index is 650. The van der Waals surface area contributed by atoms with Gasteiger partial charge in [-0.2, -0.15) is 0 Å². The van der Waals surface area contributed by atoms with E-state index in [1.165, 1.54) is 12.1 Å². The number of carbonyl (C=O) groups excluding carboxylic acids is 1. The highest BCUT2D eigenvalue weighted by Gasteiger charge is 2.12. The van der Waals surface area contributed by atoms with E-state index in [9.17, 15) is 13.6 Å². The van der Waals surface area contributed by atoms with Crippen LogP contribution in [0.2, 0.25) is 0 Å². The Morgan fingerprint density at radius 1 is 1.22 bits per heavy atom. The first-order valence-corrected chi connectivity index (χ1v) is 7.48. The minimum Gasteiger partial charge on any atom is -0.338 e. The summed E-state index contributed by atoms with van der Waals surface area (Å²) in [4.78, 5) is 15.9. The van der Waals surface area contributed by atoms with Gasteiger partial charge in [-0.1, -0.05) is 13.0 Å². The van der Waals surface area contributed by atoms with E-state index in [0.717, 1.165) is 18.1 Å². The maximum absolute atomic E-state index is 13.5. The molecule has 1 heterocycles. The lowest BCUT2D eigenvalue weighted by Gasteiger charge is -2.17. The van der Waals surface area contributed by atoms with Crippen LogP contribution in [0.5, 0.6) is 0 Å². The lowest BCUT2D eigenvalue weighted by molar-refractivity contribution is 0.237. The van der Waals surface area contributed by atoms with Gasteiger partial charge in [-0.3, -0.25) is 4.98 Å². The van der Waals surface area contributed by atoms with Crippen LogP contribution in [-0.2, 0) is 6.42 Å². The molecule has 0 aliphatic heterocycles. The second-order valence-corrected chi connectivity index (χ2v) is 5.13. The molecule has 2 aromatic rings. The van der Waals surface area contributed by atoms with Gasteiger partial charge in [0.05, 0.1) is 6.04 Å². The van der Waals surface area contributed by atoms with E-state index in [-0.39, 0.29) is 18.6 Å². The molecule has 4 nitrogen and oxygen atoms in total. The minimum absolute atomic E-state index is 0.111. The van der Waals surface area contributed by atoms with Crippen molar-refractivity contribution in [3.63, 3.8) is 0 Å². The number of benzene rings is 1. The van der Waals surface area contributed by atoms with E-state index in [0.29, 0.717) is 12.0 Å². The van der Waals surface area contributed by atoms with Crippen LogP contribution in [0, 0.1) is 11.6 Å². The predicted octanol–water partition coefficient (Wildman–Crippen LogP) is 3.35. The zero-order chi connectivity index (χ0) is 16.7. The number of aromatic nitrogens is 1. The summed E-state index contributed by atoms with van der Waals surface area (Å²) in [5.74, 6) is -1.21. The predicted molar refractivity (Wildman–Crippen MR) is 83.9 cm³/mol. The van der Waals surface area contributed by atoms with Gasteiger partial charge in [-0.05, 0) is 42.2 Å². The fraction of sp³-hybridized carbons (Fsp3) is 0.294. The fourth-order valence-corrected chi connectivity index (χ4v) is 2.26. The van der Waals surface area contributed by atoms with Gasteiger partial charge in [-0.25, -0.2) is 13.6 Å². The van der Waals surface area contributed by atoms with Crippen molar-refractivity contribution < 1.29 is 13.6 Å². The molecule has 6 heteroatoms. The van der Waals surface area contributed by atoms with Gasteiger partial charge in [0.25, 0.3) is 0 Å². The molecule has 1 aromatic carbocycles. The van der Waals surface area contributed by atoms with Crippen LogP contribution in [-0.4, -0.2) is 17.6 Å². The van der Waals surface area contributed by atoms with Crippen molar-refractivity contribution in [1.82, 2.24) is 15.6 Å². The molecule has 0 saturated heterocycles. The van der Waals surface area contributed by atoms with Gasteiger partial charge in [0.2, 0.25) is 0 Å². The smallest absolute Gasteiger partial charge is 0.315 e. The number of carbonyl (C=O) groups is 1. The number of amides is 2. The molecule has 0 aliphatic rings. The van der Waals surface area contributed by atoms with Crippen LogP contribution in [0.25, 0.3) is 0 Å². The summed E-state index contributed by atoms with van der Waals surface area (Å²) < 4.78 is 26.3. The summed E-state index contributed by atoms with van der Waals surface area (Å²) in [5.41, 5.74) is 1.34. The van der Waals surface area contributed by atoms with E-state index in [2.05, 4.69) is 15.6 Å². The summed E-state index contributed by atoms with van der Waals surface area (Å²) >= 11 is 0. The average Bonchev–Trinajstić information content (AvgIpc) is 2.55. The molecule has 0 fully saturated rings. The molecule has 23 heavy (non-hydrogen) atoms. The molecule has 2 rings (SSSR count). The second-order valence-electron chi connectivity index (χ2n) is 5.13. The largest absolute Gasteiger partial charge is 0.338 e. The Morgan fingerprint density at radius 2 is 1.96 bits per heavy atom. The number of hydrogen-bond acceptors (Lipinski definition) is 2. The Kier molecular flexibility index (Phi) is 6.02. The van der Waals surface area contributed by atoms with Gasteiger partial charge in [0.15, 0.2) is 0 Å². The van der Waals surface area contributed by atoms with Crippen LogP contribution < -0.4 is 10.6 Å². The van der Waals surface area contributed by atoms with Crippen LogP contribution >= 0.6 is 0 Å². The SMILES string of the molecule is CC[C@@H](NC(=O)NCCc1ccc(F)cc1F)c1ccncc1. The lowest BCUT2D eigenvalue weighted by atomic mass is 10.1. The zero-order valence-corrected chi connectivity index (χ0v) is 12.9. The molecule has 1 aromatic heterocycles. The van der Waals surface area contributed by atoms with Crippen molar-refractivity contribution in [3.8, 4) is 0 Å². The molecular weight excluding hydrogens is 300 g/mol. The van der Waals surface area contributed by atoms with Crippen molar-refractivity contribution in [2.45, 2.75) is 25.8 Å². The normalized spacial score (nSPS) is 11.8. The van der Waals surface area contributed by atoms with Crippen molar-refractivity contribution in [2.75, 3.05) is 6.54 Å². The maximum Gasteiger partial charge on any atom is 0.315 e. The van der Waals surface area contributed by atoms with Gasteiger partial charge < -0.3 is 10.6 Å². The monoisotopic (exact) mass is 319 g/mol. The number of nitrogens with one attached hydrogen (secondary N) is 2. The number of halogens is 2. The standard InChI is InChI=1S/C17H19F2N3O/c1-2-16(13-5-8-20-9-6-13)22-17(23)21-10-7-12-3-4-14(18)11-15(12)19/h3-6,8-9,11,16H,2,7,10H2,1H3,(H2,21,22,23)/t16-/m1/s1. The second kappa shape index (κ2) is 8.22. The average molecular weight is 319 g/mol. The van der Waals surface area contributed by atoms with E-state index in [1.807, 2.05) is 19.1 Å². The Morgan fingerprint density at radius 3 is 2.61 bits per heavy atom. The van der Waals surface area contributed by atoms with Crippen LogP contribution in [0.1, 0.15) is 30.5 Å². The molecule has 0 bridgehead atoms. The summed E-state index contributed by atoms with van der Waals surface area (Å²) in [6.45, 7) is 2.24. The molecular formula is C17H19F2N3O. The molecule has 0 radical (unpaired) electrons. The first kappa shape index (κ1) is 16.9. The van der Waals surface area contributed by atoms with Gasteiger partial charge in [0.1, 0.15) is 11.6 Å². The van der Waals surface area contributed by atoms with Gasteiger partial charge >= 0.3 is 6.03 Å². The number of rotatable bonds is 6. The maximum atomic E-state index is 13.5. The first-order chi connectivity index (χ1) is 11.1. The third-order valence-corrected chi connectivity index (χ3v) is 3.52. The number of nitrogens with zero attached hydrogens (tertiary/aromatic N) is 1. The van der Waals surface area contributed by atoms with Crippen LogP contribution in [0.3, 0.4) is 0 Å². The molecule has 2 N–H and O–H groups in total. The summed E-state index contributed by atoms with van der Waals surface area (Å²) in [5, 5.41) is 5.54. The number of pyridine rings is 1. The molecule has 0 spiro atoms. The Balaban J connectivity index is 1.82. The lowest BCUT2D eigenvalue weighted by Crippen LogP contribution is -2.38. The zero-order valence-electron chi connectivity index (χ0n) is 12.9. The molecule has 2 amide bonds. The molecule has 0 saturated carbocycles. The van der Waals surface area contributed by atoms with Crippen molar-refractivity contribution in [3.05, 3.63) is 65.5 Å². The van der Waals surface area contributed by atoms with Gasteiger partial charge in [0, 0.05) is 25.0 Å². The highest BCUT2D eigenvalue weighted by molar-refractivity contribution is 5.74. The first-order valence-electron chi connectivity index (χ1n) is 7.48. The summed E-state index contributed by atoms with van der Waals surface area (Å²) in [6.07, 6.45) is 4.39. The summed E-state index contributed by atoms with van der Waals surface area (Å²) in [6, 6.07) is 6.69. The van der Waals surface area contributed by atoms with Crippen LogP contribution in [0.15, 0.2) is 42.7 Å². The fourth-order valence-electron chi connectivity index (χ4n) is 2.26. The van der Waals surface area contributed by atoms with E-state index in [4.69, 9.17) is 0 Å². The van der Waals surface area contributed by atoms with Crippen molar-refractivity contribution >= 4 is 6.03 Å². The number of hydrogen-bond donors (Lipinski definition) is 2. The topological polar surface area (TPSA) is 54.0 Å². The van der Waals surface area contributed by atoms with Crippen molar-refractivity contribution in [1.29, 1.82) is 0 Å². The quantitative estimate of drug-likeness (QED) is 0.858. The van der Waals surface area contributed by atoms with E-state index >= 15 is 0 Å². The molecule has 0 aliphatic carbocycles. The van der Waals surface area contributed by atoms with Crippen molar-refractivity contribution in [2.24, 2.45) is 0 Å². The highest BCUT2D eigenvalue weighted by atomic mass is 19.1. The number of urea groups is 1. The van der Waals surface area contributed by atoms with Crippen LogP contribution in [0.4, 0.5) is 13.6 Å². The molecule has 122 valence electrons. The highest BCUT2D eigenvalue weighted by Crippen LogP contribution is 2.15. The third-order valence-electron chi connectivity index (χ3n) is 3.52. The summed E-state index contributed by atoms with van der Waals surface area (Å²) in [7, 11) is 0. The Hall–Kier alpha value is -2.50. The molecule has 1 atom stereocenters. The third kappa shape index (κ3) is 5.02. The van der Waals surface area contributed by atoms with Gasteiger partial charge in [-0.15, -0.1) is 0 Å². The van der Waals surface area contributed by atoms with E-state index in [1.54, 1.807) is 12.4 Å². The Labute approximate surface area is 133 Å². The van der Waals surface area contributed by atoms with E-state index < -0.39 is 11.6 Å². The molecule has 0 unspecified atom stereocenters. The minimum atomic E-state index is -0.611.